The number of carbonyl (C=O) groups is 7. The van der Waals surface area contributed by atoms with Crippen LogP contribution in [0.15, 0.2) is 200 Å². The maximum atomic E-state index is 12.8. The molecule has 0 spiro atoms. The summed E-state index contributed by atoms with van der Waals surface area (Å²) in [5, 5.41) is 65.8. The Morgan fingerprint density at radius 3 is 0.953 bits per heavy atom. The SMILES string of the molecule is CN1CCN=C1c1ccc(C(=O)Nc2c(C(=O)Nc3ccc(Cl)cn3)cnn2C)cc1.Cn1ncc(C(=O)Nc2ccc(Cl)cn2)c1NC(=O)c1ccc(C(=N)N2CCCCC2)cc1.Cn1ncc(C(=O)Nc2ccc(Cl)cn2)c1NC(=O)c1ccc(C(=N)N2CCOCC2)cc1.Cn1ncc(C(=O)Nc2ccc(Cl)cn2)c1NCc1ccc(C(=N)N2CCCC2)cc1. The molecule has 7 amide bonds. The van der Waals surface area contributed by atoms with Gasteiger partial charge in [0.15, 0.2) is 0 Å². The number of aromatic nitrogens is 12. The molecule has 0 aliphatic carbocycles. The number of likely N-dealkylation sites (N-methyl/N-ethyl adjacent to an activating group) is 1. The van der Waals surface area contributed by atoms with Crippen molar-refractivity contribution < 1.29 is 38.3 Å². The minimum absolute atomic E-state index is 0.188. The number of anilines is 8. The van der Waals surface area contributed by atoms with E-state index in [1.165, 1.54) is 70.0 Å². The van der Waals surface area contributed by atoms with Crippen LogP contribution in [0, 0.1) is 16.2 Å². The first-order valence-corrected chi connectivity index (χ1v) is 42.0. The van der Waals surface area contributed by atoms with Crippen molar-refractivity contribution >= 4 is 158 Å². The lowest BCUT2D eigenvalue weighted by molar-refractivity contribution is 0.0680. The molecule has 16 rings (SSSR count). The number of hydrogen-bond donors (Lipinski definition) is 11. The van der Waals surface area contributed by atoms with E-state index in [9.17, 15) is 33.6 Å². The van der Waals surface area contributed by atoms with Gasteiger partial charge in [-0.3, -0.25) is 73.5 Å². The van der Waals surface area contributed by atoms with Gasteiger partial charge in [0.1, 0.15) is 92.1 Å². The number of amidine groups is 4. The minimum atomic E-state index is -0.470. The van der Waals surface area contributed by atoms with Crippen LogP contribution in [0.4, 0.5) is 46.5 Å². The van der Waals surface area contributed by atoms with Crippen molar-refractivity contribution in [3.63, 3.8) is 0 Å². The van der Waals surface area contributed by atoms with E-state index in [4.69, 9.17) is 67.4 Å². The maximum Gasteiger partial charge on any atom is 0.262 e. The van der Waals surface area contributed by atoms with Crippen molar-refractivity contribution in [3.8, 4) is 0 Å². The number of carbonyl (C=O) groups excluding carboxylic acids is 7. The van der Waals surface area contributed by atoms with Gasteiger partial charge < -0.3 is 66.9 Å². The number of rotatable bonds is 21. The molecule has 3 fully saturated rings. The number of pyridine rings is 4. The summed E-state index contributed by atoms with van der Waals surface area (Å²) in [4.78, 5) is 118. The van der Waals surface area contributed by atoms with Gasteiger partial charge in [-0.25, -0.2) is 19.9 Å². The molecule has 36 nitrogen and oxygen atoms in total. The third kappa shape index (κ3) is 23.7. The molecule has 0 atom stereocenters. The van der Waals surface area contributed by atoms with E-state index in [0.29, 0.717) is 127 Å². The van der Waals surface area contributed by atoms with E-state index in [0.717, 1.165) is 93.0 Å². The Balaban J connectivity index is 0.000000146. The van der Waals surface area contributed by atoms with Crippen molar-refractivity contribution in [1.29, 1.82) is 16.2 Å². The summed E-state index contributed by atoms with van der Waals surface area (Å²) < 4.78 is 11.2. The van der Waals surface area contributed by atoms with Gasteiger partial charge in [0.25, 0.3) is 41.4 Å². The number of ether oxygens (including phenoxy) is 1. The third-order valence-corrected chi connectivity index (χ3v) is 21.6. The molecule has 658 valence electrons. The molecule has 12 heterocycles. The van der Waals surface area contributed by atoms with Crippen LogP contribution in [0.3, 0.4) is 0 Å². The Kier molecular flexibility index (Phi) is 30.5. The Morgan fingerprint density at radius 1 is 0.336 bits per heavy atom. The number of morpholine rings is 1. The predicted octanol–water partition coefficient (Wildman–Crippen LogP) is 12.8. The van der Waals surface area contributed by atoms with Gasteiger partial charge in [-0.05, 0) is 123 Å². The smallest absolute Gasteiger partial charge is 0.262 e. The van der Waals surface area contributed by atoms with Crippen molar-refractivity contribution in [2.24, 2.45) is 33.2 Å². The molecule has 3 saturated heterocycles. The van der Waals surface area contributed by atoms with Crippen LogP contribution in [0.2, 0.25) is 20.1 Å². The normalized spacial score (nSPS) is 13.3. The van der Waals surface area contributed by atoms with Gasteiger partial charge in [-0.2, -0.15) is 20.4 Å². The van der Waals surface area contributed by atoms with E-state index in [1.54, 1.807) is 142 Å². The van der Waals surface area contributed by atoms with Gasteiger partial charge >= 0.3 is 0 Å². The highest BCUT2D eigenvalue weighted by atomic mass is 35.5. The summed E-state index contributed by atoms with van der Waals surface area (Å²) in [5.41, 5.74) is 6.68. The van der Waals surface area contributed by atoms with Gasteiger partial charge in [0, 0.05) is 151 Å². The molecule has 4 aromatic carbocycles. The molecular weight excluding hydrogens is 1720 g/mol. The zero-order chi connectivity index (χ0) is 90.5. The fourth-order valence-corrected chi connectivity index (χ4v) is 14.1. The second-order valence-corrected chi connectivity index (χ2v) is 31.3. The molecule has 4 aliphatic heterocycles. The van der Waals surface area contributed by atoms with Crippen LogP contribution >= 0.6 is 46.4 Å². The zero-order valence-corrected chi connectivity index (χ0v) is 73.2. The summed E-state index contributed by atoms with van der Waals surface area (Å²) >= 11 is 23.3. The standard InChI is InChI=1S/C23H24ClN7O2.C22H22ClN7O3.C22H24ClN7O.C21H20ClN7O2/c1-30-21(18(14-27-30)23(33)28-19-10-9-17(24)13-26-19)29-22(32)16-7-5-15(6-8-16)20(25)31-11-3-2-4-12-31;1-29-20(17(13-26-29)22(32)27-18-7-6-16(23)12-25-18)28-21(31)15-4-2-14(3-5-15)19(24)30-8-10-33-11-9-30;1-29-21(18(14-27-29)22(31)28-19-9-8-17(23)13-25-19)26-12-15-4-6-16(7-5-15)20(24)30-10-2-3-11-30;1-28-10-9-23-18(28)13-3-5-14(6-4-13)20(30)27-19-16(12-25-29(19)2)21(31)26-17-8-7-15(22)11-24-17/h5-10,13-14,25H,2-4,11-12H2,1H3,(H,29,32)(H,26,28,33);2-7,12-13,24H,8-11H2,1H3,(H,28,31)(H,25,27,32);4-9,13-14,24,26H,2-3,10-12H2,1H3,(H,25,28,31);3-8,11-12H,9-10H2,1-2H3,(H,27,30)(H,24,26,31). The number of aliphatic imine (C=N–C) groups is 1. The lowest BCUT2D eigenvalue weighted by Crippen LogP contribution is -2.40. The quantitative estimate of drug-likeness (QED) is 0.0235. The van der Waals surface area contributed by atoms with Crippen LogP contribution in [-0.2, 0) is 39.5 Å². The Hall–Kier alpha value is -14.6. The largest absolute Gasteiger partial charge is 0.378 e. The van der Waals surface area contributed by atoms with Gasteiger partial charge in [0.2, 0.25) is 0 Å². The number of piperidine rings is 1. The van der Waals surface area contributed by atoms with Gasteiger partial charge in [0.05, 0.1) is 64.6 Å². The van der Waals surface area contributed by atoms with Crippen LogP contribution in [0.25, 0.3) is 0 Å². The zero-order valence-electron chi connectivity index (χ0n) is 70.2. The van der Waals surface area contributed by atoms with Crippen LogP contribution < -0.4 is 42.5 Å². The van der Waals surface area contributed by atoms with Gasteiger partial charge in [-0.1, -0.05) is 107 Å². The monoisotopic (exact) mass is 1810 g/mol. The van der Waals surface area contributed by atoms with E-state index in [1.807, 2.05) is 48.3 Å². The molecule has 0 saturated carbocycles. The molecule has 11 N–H and O–H groups in total. The Morgan fingerprint density at radius 2 is 0.633 bits per heavy atom. The van der Waals surface area contributed by atoms with E-state index >= 15 is 0 Å². The number of nitrogens with one attached hydrogen (secondary N) is 11. The topological polar surface area (TPSA) is 445 Å². The predicted molar refractivity (Wildman–Crippen MR) is 492 cm³/mol. The molecular formula is C88H90Cl4N28O8. The van der Waals surface area contributed by atoms with Crippen molar-refractivity contribution in [1.82, 2.24) is 78.7 Å². The fourth-order valence-electron chi connectivity index (χ4n) is 13.7. The molecule has 40 heteroatoms. The molecule has 4 aliphatic rings. The summed E-state index contributed by atoms with van der Waals surface area (Å²) in [5.74, 6) is 2.35. The second-order valence-electron chi connectivity index (χ2n) is 29.5. The molecule has 12 aromatic rings. The number of benzene rings is 4. The molecule has 8 aromatic heterocycles. The number of amides is 7. The first-order valence-electron chi connectivity index (χ1n) is 40.5. The minimum Gasteiger partial charge on any atom is -0.378 e. The average molecular weight is 1810 g/mol. The highest BCUT2D eigenvalue weighted by Crippen LogP contribution is 2.27. The highest BCUT2D eigenvalue weighted by molar-refractivity contribution is 6.31. The van der Waals surface area contributed by atoms with E-state index in [-0.39, 0.29) is 51.9 Å². The first-order chi connectivity index (χ1) is 61.8. The van der Waals surface area contributed by atoms with E-state index in [2.05, 4.69) is 103 Å². The van der Waals surface area contributed by atoms with Crippen LogP contribution in [0.5, 0.6) is 0 Å². The molecule has 0 bridgehead atoms. The number of hydrogen-bond acceptors (Lipinski definition) is 22. The van der Waals surface area contributed by atoms with Crippen LogP contribution in [0.1, 0.15) is 132 Å². The fraction of sp³-hybridized carbons (Fsp3) is 0.239. The molecule has 128 heavy (non-hydrogen) atoms. The number of likely N-dealkylation sites (tertiary alicyclic amines) is 2. The average Bonchev–Trinajstić information content (AvgIpc) is 1.71. The summed E-state index contributed by atoms with van der Waals surface area (Å²) in [6.45, 7) is 8.38. The van der Waals surface area contributed by atoms with Crippen molar-refractivity contribution in [2.75, 3.05) is 115 Å². The lowest BCUT2D eigenvalue weighted by atomic mass is 10.1. The summed E-state index contributed by atoms with van der Waals surface area (Å²) in [7, 11) is 8.67. The lowest BCUT2D eigenvalue weighted by Gasteiger charge is -2.29. The Labute approximate surface area is 755 Å². The summed E-state index contributed by atoms with van der Waals surface area (Å²) in [6, 6.07) is 41.7. The maximum absolute atomic E-state index is 12.8. The number of nitrogens with zero attached hydrogens (tertiary/aromatic N) is 17. The molecule has 0 radical (unpaired) electrons. The Bertz CT molecular complexity index is 5840. The van der Waals surface area contributed by atoms with Crippen molar-refractivity contribution in [3.05, 3.63) is 282 Å². The third-order valence-electron chi connectivity index (χ3n) is 20.7. The number of halogens is 4. The van der Waals surface area contributed by atoms with Gasteiger partial charge in [-0.15, -0.1) is 0 Å². The first kappa shape index (κ1) is 91.1. The molecule has 0 unspecified atom stereocenters. The van der Waals surface area contributed by atoms with Crippen molar-refractivity contribution in [2.45, 2.75) is 38.6 Å². The van der Waals surface area contributed by atoms with Crippen LogP contribution in [-0.4, -0.2) is 216 Å². The number of aryl methyl sites for hydroxylation is 4. The highest BCUT2D eigenvalue weighted by Gasteiger charge is 2.27. The summed E-state index contributed by atoms with van der Waals surface area (Å²) in [6.07, 6.45) is 17.1. The van der Waals surface area contributed by atoms with E-state index < -0.39 is 23.6 Å². The second kappa shape index (κ2) is 42.9.